The second kappa shape index (κ2) is 9.78. The number of nitrogens with one attached hydrogen (secondary N) is 1. The van der Waals surface area contributed by atoms with Gasteiger partial charge in [-0.2, -0.15) is 0 Å². The van der Waals surface area contributed by atoms with Gasteiger partial charge in [0.15, 0.2) is 0 Å². The first-order valence-corrected chi connectivity index (χ1v) is 9.99. The number of aromatic nitrogens is 2. The summed E-state index contributed by atoms with van der Waals surface area (Å²) in [5.41, 5.74) is 1.17. The van der Waals surface area contributed by atoms with Crippen molar-refractivity contribution in [1.82, 2.24) is 9.97 Å². The zero-order valence-electron chi connectivity index (χ0n) is 17.2. The second-order valence-corrected chi connectivity index (χ2v) is 7.05. The molecule has 1 atom stereocenters. The maximum Gasteiger partial charge on any atom is 0.279 e. The van der Waals surface area contributed by atoms with Crippen LogP contribution in [0.2, 0.25) is 0 Å². The molecule has 6 nitrogen and oxygen atoms in total. The van der Waals surface area contributed by atoms with Gasteiger partial charge in [0.2, 0.25) is 0 Å². The molecule has 0 saturated heterocycles. The number of hydrogen-bond donors (Lipinski definition) is 1. The molecule has 0 aliphatic rings. The van der Waals surface area contributed by atoms with Crippen LogP contribution in [0.15, 0.2) is 97.5 Å². The quantitative estimate of drug-likeness (QED) is 0.464. The van der Waals surface area contributed by atoms with Crippen molar-refractivity contribution < 1.29 is 18.4 Å². The molecule has 4 rings (SSSR count). The van der Waals surface area contributed by atoms with E-state index in [-0.39, 0.29) is 5.69 Å². The fourth-order valence-corrected chi connectivity index (χ4v) is 3.31. The number of para-hydroxylation sites is 1. The molecule has 3 aromatic carbocycles. The molecule has 0 aliphatic heterocycles. The summed E-state index contributed by atoms with van der Waals surface area (Å²) in [6.45, 7) is 0. The minimum atomic E-state index is -1.19. The first-order chi connectivity index (χ1) is 16.0. The highest BCUT2D eigenvalue weighted by molar-refractivity contribution is 6.11. The molecule has 8 heteroatoms. The van der Waals surface area contributed by atoms with Crippen LogP contribution in [0.25, 0.3) is 0 Å². The molecule has 1 unspecified atom stereocenters. The van der Waals surface area contributed by atoms with Gasteiger partial charge in [0, 0.05) is 23.8 Å². The van der Waals surface area contributed by atoms with Gasteiger partial charge in [-0.25, -0.2) is 13.8 Å². The summed E-state index contributed by atoms with van der Waals surface area (Å²) < 4.78 is 27.0. The molecule has 4 aromatic rings. The van der Waals surface area contributed by atoms with Gasteiger partial charge in [0.1, 0.15) is 23.4 Å². The normalized spacial score (nSPS) is 11.5. The number of nitrogens with zero attached hydrogens (tertiary/aromatic N) is 3. The maximum atomic E-state index is 13.6. The Balaban J connectivity index is 1.82. The highest BCUT2D eigenvalue weighted by atomic mass is 19.1. The van der Waals surface area contributed by atoms with E-state index in [0.29, 0.717) is 16.9 Å². The minimum absolute atomic E-state index is 0.0306. The van der Waals surface area contributed by atoms with E-state index in [1.807, 2.05) is 0 Å². The molecule has 0 fully saturated rings. The zero-order chi connectivity index (χ0) is 23.2. The van der Waals surface area contributed by atoms with E-state index in [2.05, 4.69) is 15.3 Å². The first kappa shape index (κ1) is 21.8. The van der Waals surface area contributed by atoms with Crippen molar-refractivity contribution in [2.75, 3.05) is 10.2 Å². The van der Waals surface area contributed by atoms with E-state index in [1.165, 1.54) is 72.0 Å². The smallest absolute Gasteiger partial charge is 0.279 e. The Morgan fingerprint density at radius 2 is 1.45 bits per heavy atom. The zero-order valence-corrected chi connectivity index (χ0v) is 17.2. The molecule has 0 saturated carbocycles. The summed E-state index contributed by atoms with van der Waals surface area (Å²) >= 11 is 0. The van der Waals surface area contributed by atoms with Crippen LogP contribution in [0.1, 0.15) is 22.1 Å². The number of hydrogen-bond acceptors (Lipinski definition) is 4. The Hall–Kier alpha value is -4.46. The van der Waals surface area contributed by atoms with Crippen molar-refractivity contribution in [3.8, 4) is 0 Å². The number of rotatable bonds is 6. The van der Waals surface area contributed by atoms with Gasteiger partial charge in [0.05, 0.1) is 6.20 Å². The van der Waals surface area contributed by atoms with Crippen molar-refractivity contribution in [3.05, 3.63) is 120 Å². The summed E-state index contributed by atoms with van der Waals surface area (Å²) in [6, 6.07) is 17.9. The molecule has 2 amide bonds. The van der Waals surface area contributed by atoms with Crippen LogP contribution in [0.4, 0.5) is 20.2 Å². The van der Waals surface area contributed by atoms with Crippen molar-refractivity contribution >= 4 is 23.2 Å². The van der Waals surface area contributed by atoms with Gasteiger partial charge >= 0.3 is 0 Å². The highest BCUT2D eigenvalue weighted by Gasteiger charge is 2.34. The van der Waals surface area contributed by atoms with Gasteiger partial charge in [-0.1, -0.05) is 30.3 Å². The predicted molar refractivity (Wildman–Crippen MR) is 119 cm³/mol. The maximum absolute atomic E-state index is 13.6. The van der Waals surface area contributed by atoms with E-state index in [0.717, 1.165) is 0 Å². The fraction of sp³-hybridized carbons (Fsp3) is 0.0400. The molecule has 0 radical (unpaired) electrons. The molecule has 33 heavy (non-hydrogen) atoms. The topological polar surface area (TPSA) is 75.2 Å². The standard InChI is InChI=1S/C25H18F2N4O2/c26-18-8-6-17(7-9-18)23(24(32)30-20-12-10-19(27)11-13-20)31(21-4-2-1-3-5-21)25(33)22-16-28-14-15-29-22/h1-16,23H,(H,30,32). The van der Waals surface area contributed by atoms with Crippen molar-refractivity contribution in [2.24, 2.45) is 0 Å². The van der Waals surface area contributed by atoms with Gasteiger partial charge in [-0.3, -0.25) is 19.5 Å². The molecule has 1 heterocycles. The molecule has 0 spiro atoms. The molecule has 1 N–H and O–H groups in total. The lowest BCUT2D eigenvalue weighted by Crippen LogP contribution is -2.42. The summed E-state index contributed by atoms with van der Waals surface area (Å²) in [7, 11) is 0. The van der Waals surface area contributed by atoms with Crippen molar-refractivity contribution in [2.45, 2.75) is 6.04 Å². The number of amides is 2. The van der Waals surface area contributed by atoms with Gasteiger partial charge in [-0.05, 0) is 54.1 Å². The third-order valence-electron chi connectivity index (χ3n) is 4.84. The Morgan fingerprint density at radius 1 is 0.818 bits per heavy atom. The minimum Gasteiger partial charge on any atom is -0.324 e. The number of halogens is 2. The van der Waals surface area contributed by atoms with E-state index < -0.39 is 29.5 Å². The molecular formula is C25H18F2N4O2. The Kier molecular flexibility index (Phi) is 6.45. The third kappa shape index (κ3) is 5.07. The highest BCUT2D eigenvalue weighted by Crippen LogP contribution is 2.30. The largest absolute Gasteiger partial charge is 0.324 e. The average molecular weight is 444 g/mol. The summed E-state index contributed by atoms with van der Waals surface area (Å²) in [5, 5.41) is 2.71. The van der Waals surface area contributed by atoms with Crippen molar-refractivity contribution in [3.63, 3.8) is 0 Å². The molecular weight excluding hydrogens is 426 g/mol. The SMILES string of the molecule is O=C(Nc1ccc(F)cc1)C(c1ccc(F)cc1)N(C(=O)c1cnccn1)c1ccccc1. The lowest BCUT2D eigenvalue weighted by Gasteiger charge is -2.31. The van der Waals surface area contributed by atoms with Crippen LogP contribution in [0.3, 0.4) is 0 Å². The molecule has 0 aliphatic carbocycles. The van der Waals surface area contributed by atoms with Gasteiger partial charge in [0.25, 0.3) is 11.8 Å². The Bertz CT molecular complexity index is 1240. The van der Waals surface area contributed by atoms with Gasteiger partial charge < -0.3 is 5.32 Å². The van der Waals surface area contributed by atoms with Crippen LogP contribution in [-0.4, -0.2) is 21.8 Å². The molecule has 164 valence electrons. The number of carbonyl (C=O) groups excluding carboxylic acids is 2. The monoisotopic (exact) mass is 444 g/mol. The van der Waals surface area contributed by atoms with E-state index in [4.69, 9.17) is 0 Å². The molecule has 1 aromatic heterocycles. The van der Waals surface area contributed by atoms with E-state index >= 15 is 0 Å². The average Bonchev–Trinajstić information content (AvgIpc) is 2.85. The number of benzene rings is 3. The van der Waals surface area contributed by atoms with Gasteiger partial charge in [-0.15, -0.1) is 0 Å². The lowest BCUT2D eigenvalue weighted by atomic mass is 10.0. The first-order valence-electron chi connectivity index (χ1n) is 9.99. The number of anilines is 2. The lowest BCUT2D eigenvalue weighted by molar-refractivity contribution is -0.117. The van der Waals surface area contributed by atoms with E-state index in [1.54, 1.807) is 30.3 Å². The van der Waals surface area contributed by atoms with Crippen LogP contribution >= 0.6 is 0 Å². The van der Waals surface area contributed by atoms with E-state index in [9.17, 15) is 18.4 Å². The van der Waals surface area contributed by atoms with Crippen LogP contribution in [0.5, 0.6) is 0 Å². The van der Waals surface area contributed by atoms with Crippen LogP contribution in [-0.2, 0) is 4.79 Å². The van der Waals surface area contributed by atoms with Crippen molar-refractivity contribution in [1.29, 1.82) is 0 Å². The predicted octanol–water partition coefficient (Wildman–Crippen LogP) is 4.78. The summed E-state index contributed by atoms with van der Waals surface area (Å²) in [5.74, 6) is -2.08. The second-order valence-electron chi connectivity index (χ2n) is 7.05. The Labute approximate surface area is 188 Å². The summed E-state index contributed by atoms with van der Waals surface area (Å²) in [6.07, 6.45) is 4.11. The number of carbonyl (C=O) groups is 2. The van der Waals surface area contributed by atoms with Crippen LogP contribution < -0.4 is 10.2 Å². The fourth-order valence-electron chi connectivity index (χ4n) is 3.31. The molecule has 0 bridgehead atoms. The Morgan fingerprint density at radius 3 is 2.06 bits per heavy atom. The summed E-state index contributed by atoms with van der Waals surface area (Å²) in [4.78, 5) is 36.4. The van der Waals surface area contributed by atoms with Crippen LogP contribution in [0, 0.1) is 11.6 Å². The third-order valence-corrected chi connectivity index (χ3v) is 4.84.